The molecule has 1 aromatic carbocycles. The average Bonchev–Trinajstić information content (AvgIpc) is 3.32. The van der Waals surface area contributed by atoms with Gasteiger partial charge in [-0.25, -0.2) is 13.7 Å². The van der Waals surface area contributed by atoms with Crippen LogP contribution in [0.25, 0.3) is 5.52 Å². The van der Waals surface area contributed by atoms with Crippen LogP contribution in [0, 0.1) is 12.0 Å². The van der Waals surface area contributed by atoms with Crippen molar-refractivity contribution in [2.24, 2.45) is 11.7 Å². The Hall–Kier alpha value is -3.35. The van der Waals surface area contributed by atoms with Gasteiger partial charge in [0.2, 0.25) is 0 Å². The van der Waals surface area contributed by atoms with E-state index in [2.05, 4.69) is 10.1 Å². The third-order valence-electron chi connectivity index (χ3n) is 5.44. The zero-order valence-electron chi connectivity index (χ0n) is 18.7. The summed E-state index contributed by atoms with van der Waals surface area (Å²) in [6, 6.07) is 8.82. The molecule has 3 heterocycles. The molecule has 1 saturated heterocycles. The summed E-state index contributed by atoms with van der Waals surface area (Å²) in [4.78, 5) is 28.2. The third kappa shape index (κ3) is 4.77. The van der Waals surface area contributed by atoms with Crippen molar-refractivity contribution in [2.45, 2.75) is 38.0 Å². The van der Waals surface area contributed by atoms with E-state index in [4.69, 9.17) is 37.3 Å². The standard InChI is InChI=1S/C22H22ClF2N5O5/c1-10(2)19(31)34-17-15(24)16(13-6-7-14-18(26)28-21(25)29-30(13)14)35-22(17,27)9-33-20(32)11-4-3-5-12(23)8-11/h3-8,10,15-17H,9,27H2,1-2H3,(H2,26,28,29)/t15-,16-,17-,22+/m0/s1. The number of benzene rings is 1. The first-order valence-corrected chi connectivity index (χ1v) is 10.9. The van der Waals surface area contributed by atoms with Gasteiger partial charge in [0, 0.05) is 5.02 Å². The summed E-state index contributed by atoms with van der Waals surface area (Å²) in [6.07, 6.45) is -6.29. The summed E-state index contributed by atoms with van der Waals surface area (Å²) in [5, 5.41) is 3.93. The maximum absolute atomic E-state index is 15.7. The molecule has 35 heavy (non-hydrogen) atoms. The molecule has 0 aliphatic carbocycles. The molecule has 0 radical (unpaired) electrons. The minimum Gasteiger partial charge on any atom is -0.457 e. The van der Waals surface area contributed by atoms with Crippen LogP contribution in [0.2, 0.25) is 5.02 Å². The fraction of sp³-hybridized carbons (Fsp3) is 0.364. The van der Waals surface area contributed by atoms with Crippen molar-refractivity contribution in [2.75, 3.05) is 12.3 Å². The SMILES string of the molecule is CC(C)C(=O)O[C@H]1[C@@H](F)[C@H](c2ccc3c(N)nc(F)nn23)O[C@]1(N)COC(=O)c1cccc(Cl)c1. The predicted octanol–water partition coefficient (Wildman–Crippen LogP) is 2.59. The predicted molar refractivity (Wildman–Crippen MR) is 119 cm³/mol. The first kappa shape index (κ1) is 24.8. The van der Waals surface area contributed by atoms with Gasteiger partial charge in [0.15, 0.2) is 23.8 Å². The van der Waals surface area contributed by atoms with Gasteiger partial charge < -0.3 is 19.9 Å². The smallest absolute Gasteiger partial charge is 0.338 e. The Bertz CT molecular complexity index is 1290. The van der Waals surface area contributed by atoms with Gasteiger partial charge >= 0.3 is 18.0 Å². The number of nitrogens with zero attached hydrogens (tertiary/aromatic N) is 3. The van der Waals surface area contributed by atoms with E-state index in [1.807, 2.05) is 0 Å². The molecule has 0 saturated carbocycles. The normalized spacial score (nSPS) is 24.1. The van der Waals surface area contributed by atoms with Gasteiger partial charge in [-0.1, -0.05) is 31.5 Å². The number of nitrogen functional groups attached to an aromatic ring is 1. The molecule has 4 N–H and O–H groups in total. The minimum absolute atomic E-state index is 0.0413. The summed E-state index contributed by atoms with van der Waals surface area (Å²) in [5.74, 6) is -2.32. The summed E-state index contributed by atoms with van der Waals surface area (Å²) in [6.45, 7) is 2.45. The first-order valence-electron chi connectivity index (χ1n) is 10.5. The molecular formula is C22H22ClF2N5O5. The fourth-order valence-corrected chi connectivity index (χ4v) is 3.86. The van der Waals surface area contributed by atoms with Crippen molar-refractivity contribution in [3.63, 3.8) is 0 Å². The molecule has 1 aliphatic rings. The number of carbonyl (C=O) groups is 2. The average molecular weight is 510 g/mol. The number of halogens is 3. The van der Waals surface area contributed by atoms with E-state index in [1.165, 1.54) is 24.3 Å². The Morgan fingerprint density at radius 1 is 1.31 bits per heavy atom. The zero-order chi connectivity index (χ0) is 25.5. The maximum atomic E-state index is 15.7. The van der Waals surface area contributed by atoms with Crippen molar-refractivity contribution >= 4 is 34.9 Å². The maximum Gasteiger partial charge on any atom is 0.338 e. The van der Waals surface area contributed by atoms with Gasteiger partial charge in [-0.05, 0) is 30.3 Å². The number of rotatable bonds is 6. The van der Waals surface area contributed by atoms with E-state index in [1.54, 1.807) is 26.0 Å². The Morgan fingerprint density at radius 3 is 2.74 bits per heavy atom. The summed E-state index contributed by atoms with van der Waals surface area (Å²) < 4.78 is 46.9. The lowest BCUT2D eigenvalue weighted by Crippen LogP contribution is -2.56. The second-order valence-corrected chi connectivity index (χ2v) is 8.79. The summed E-state index contributed by atoms with van der Waals surface area (Å²) in [5.41, 5.74) is 10.3. The Balaban J connectivity index is 1.65. The van der Waals surface area contributed by atoms with Gasteiger partial charge in [-0.15, -0.1) is 5.10 Å². The van der Waals surface area contributed by atoms with Gasteiger partial charge in [0.1, 0.15) is 18.2 Å². The Labute approximate surface area is 203 Å². The number of ether oxygens (including phenoxy) is 3. The lowest BCUT2D eigenvalue weighted by atomic mass is 10.0. The van der Waals surface area contributed by atoms with Gasteiger partial charge in [-0.2, -0.15) is 9.37 Å². The molecule has 0 spiro atoms. The second-order valence-electron chi connectivity index (χ2n) is 8.36. The molecule has 0 unspecified atom stereocenters. The van der Waals surface area contributed by atoms with E-state index in [0.717, 1.165) is 4.52 Å². The van der Waals surface area contributed by atoms with E-state index >= 15 is 4.39 Å². The highest BCUT2D eigenvalue weighted by Crippen LogP contribution is 2.42. The monoisotopic (exact) mass is 509 g/mol. The number of nitrogens with two attached hydrogens (primary N) is 2. The van der Waals surface area contributed by atoms with E-state index in [0.29, 0.717) is 5.02 Å². The Morgan fingerprint density at radius 2 is 2.06 bits per heavy atom. The van der Waals surface area contributed by atoms with Crippen LogP contribution >= 0.6 is 11.6 Å². The van der Waals surface area contributed by atoms with Crippen LogP contribution in [0.5, 0.6) is 0 Å². The molecule has 0 bridgehead atoms. The van der Waals surface area contributed by atoms with E-state index < -0.39 is 54.6 Å². The fourth-order valence-electron chi connectivity index (χ4n) is 3.67. The van der Waals surface area contributed by atoms with Crippen molar-refractivity contribution in [1.82, 2.24) is 14.6 Å². The molecule has 3 aromatic rings. The molecule has 10 nitrogen and oxygen atoms in total. The van der Waals surface area contributed by atoms with E-state index in [-0.39, 0.29) is 22.6 Å². The van der Waals surface area contributed by atoms with Crippen LogP contribution in [-0.4, -0.2) is 51.1 Å². The van der Waals surface area contributed by atoms with Crippen LogP contribution < -0.4 is 11.5 Å². The van der Waals surface area contributed by atoms with Gasteiger partial charge in [-0.3, -0.25) is 10.5 Å². The summed E-state index contributed by atoms with van der Waals surface area (Å²) in [7, 11) is 0. The largest absolute Gasteiger partial charge is 0.457 e. The van der Waals surface area contributed by atoms with Crippen LogP contribution in [0.4, 0.5) is 14.6 Å². The van der Waals surface area contributed by atoms with Crippen LogP contribution in [0.15, 0.2) is 36.4 Å². The van der Waals surface area contributed by atoms with Gasteiger partial charge in [0.05, 0.1) is 17.2 Å². The second kappa shape index (κ2) is 9.36. The van der Waals surface area contributed by atoms with Crippen molar-refractivity contribution in [3.8, 4) is 0 Å². The minimum atomic E-state index is -2.08. The lowest BCUT2D eigenvalue weighted by molar-refractivity contribution is -0.170. The lowest BCUT2D eigenvalue weighted by Gasteiger charge is -2.29. The molecule has 4 rings (SSSR count). The molecule has 1 fully saturated rings. The van der Waals surface area contributed by atoms with Gasteiger partial charge in [0.25, 0.3) is 0 Å². The number of carbonyl (C=O) groups excluding carboxylic acids is 2. The highest BCUT2D eigenvalue weighted by molar-refractivity contribution is 6.30. The number of hydrogen-bond acceptors (Lipinski definition) is 9. The zero-order valence-corrected chi connectivity index (χ0v) is 19.4. The Kier molecular flexibility index (Phi) is 6.62. The molecule has 4 atom stereocenters. The van der Waals surface area contributed by atoms with Crippen LogP contribution in [0.3, 0.4) is 0 Å². The third-order valence-corrected chi connectivity index (χ3v) is 5.68. The number of aromatic nitrogens is 3. The quantitative estimate of drug-likeness (QED) is 0.479. The number of anilines is 1. The molecule has 186 valence electrons. The molecule has 1 aliphatic heterocycles. The number of fused-ring (bicyclic) bond motifs is 1. The number of esters is 2. The highest BCUT2D eigenvalue weighted by atomic mass is 35.5. The van der Waals surface area contributed by atoms with Crippen molar-refractivity contribution in [3.05, 3.63) is 58.8 Å². The molecular weight excluding hydrogens is 488 g/mol. The van der Waals surface area contributed by atoms with Crippen molar-refractivity contribution in [1.29, 1.82) is 0 Å². The molecule has 13 heteroatoms. The number of alkyl halides is 1. The van der Waals surface area contributed by atoms with E-state index in [9.17, 15) is 14.0 Å². The molecule has 2 aromatic heterocycles. The summed E-state index contributed by atoms with van der Waals surface area (Å²) >= 11 is 5.91. The van der Waals surface area contributed by atoms with Crippen LogP contribution in [0.1, 0.15) is 36.0 Å². The topological polar surface area (TPSA) is 144 Å². The van der Waals surface area contributed by atoms with Crippen LogP contribution in [-0.2, 0) is 19.0 Å². The first-order chi connectivity index (χ1) is 16.5. The van der Waals surface area contributed by atoms with Crippen molar-refractivity contribution < 1.29 is 32.6 Å². The number of hydrogen-bond donors (Lipinski definition) is 2. The molecule has 0 amide bonds. The highest BCUT2D eigenvalue weighted by Gasteiger charge is 2.58.